The lowest BCUT2D eigenvalue weighted by Crippen LogP contribution is -2.40. The zero-order valence-corrected chi connectivity index (χ0v) is 15.3. The molecule has 0 aromatic carbocycles. The molecule has 1 saturated heterocycles. The summed E-state index contributed by atoms with van der Waals surface area (Å²) in [4.78, 5) is 6.82. The Labute approximate surface area is 140 Å². The van der Waals surface area contributed by atoms with Crippen molar-refractivity contribution in [3.8, 4) is 0 Å². The Hall–Kier alpha value is -1.52. The molecule has 5 heteroatoms. The second kappa shape index (κ2) is 8.37. The fraction of sp³-hybridized carbons (Fsp3) is 0.778. The zero-order valence-electron chi connectivity index (χ0n) is 15.3. The largest absolute Gasteiger partial charge is 0.359 e. The van der Waals surface area contributed by atoms with Crippen LogP contribution in [0.1, 0.15) is 64.3 Å². The van der Waals surface area contributed by atoms with Crippen LogP contribution in [0, 0.1) is 11.8 Å². The lowest BCUT2D eigenvalue weighted by molar-refractivity contribution is 0.318. The van der Waals surface area contributed by atoms with Gasteiger partial charge in [0.25, 0.3) is 0 Å². The topological polar surface area (TPSA) is 53.7 Å². The van der Waals surface area contributed by atoms with E-state index in [1.165, 1.54) is 19.3 Å². The summed E-state index contributed by atoms with van der Waals surface area (Å²) in [5.74, 6) is 3.86. The van der Waals surface area contributed by atoms with Crippen LogP contribution in [-0.2, 0) is 6.54 Å². The minimum Gasteiger partial charge on any atom is -0.359 e. The predicted octanol–water partition coefficient (Wildman–Crippen LogP) is 3.63. The summed E-state index contributed by atoms with van der Waals surface area (Å²) in [5.41, 5.74) is 1.01. The van der Waals surface area contributed by atoms with Crippen molar-refractivity contribution in [3.63, 3.8) is 0 Å². The van der Waals surface area contributed by atoms with Gasteiger partial charge < -0.3 is 14.7 Å². The van der Waals surface area contributed by atoms with Crippen LogP contribution in [0.25, 0.3) is 0 Å². The quantitative estimate of drug-likeness (QED) is 0.642. The molecule has 2 rings (SSSR count). The van der Waals surface area contributed by atoms with Crippen LogP contribution in [0.15, 0.2) is 15.6 Å². The van der Waals surface area contributed by atoms with Crippen LogP contribution in [0.3, 0.4) is 0 Å². The summed E-state index contributed by atoms with van der Waals surface area (Å²) in [7, 11) is 1.85. The Bertz CT molecular complexity index is 505. The van der Waals surface area contributed by atoms with Crippen LogP contribution in [-0.4, -0.2) is 36.2 Å². The third-order valence-electron chi connectivity index (χ3n) is 5.04. The second-order valence-corrected chi connectivity index (χ2v) is 6.84. The van der Waals surface area contributed by atoms with Gasteiger partial charge in [0.1, 0.15) is 0 Å². The van der Waals surface area contributed by atoms with E-state index in [2.05, 4.69) is 48.1 Å². The van der Waals surface area contributed by atoms with Gasteiger partial charge in [-0.3, -0.25) is 4.99 Å². The molecular weight excluding hydrogens is 288 g/mol. The van der Waals surface area contributed by atoms with Gasteiger partial charge in [0.2, 0.25) is 0 Å². The number of hydrogen-bond donors (Lipinski definition) is 1. The highest BCUT2D eigenvalue weighted by molar-refractivity contribution is 5.80. The van der Waals surface area contributed by atoms with Crippen molar-refractivity contribution in [3.05, 3.63) is 17.5 Å². The Balaban J connectivity index is 1.88. The molecule has 1 N–H and O–H groups in total. The summed E-state index contributed by atoms with van der Waals surface area (Å²) in [5, 5.41) is 7.52. The molecule has 0 aliphatic carbocycles. The van der Waals surface area contributed by atoms with Crippen molar-refractivity contribution in [2.75, 3.05) is 20.1 Å². The van der Waals surface area contributed by atoms with Crippen molar-refractivity contribution in [1.82, 2.24) is 15.4 Å². The van der Waals surface area contributed by atoms with Crippen molar-refractivity contribution in [2.24, 2.45) is 16.8 Å². The molecule has 23 heavy (non-hydrogen) atoms. The summed E-state index contributed by atoms with van der Waals surface area (Å²) >= 11 is 0. The molecule has 1 aromatic heterocycles. The van der Waals surface area contributed by atoms with E-state index in [-0.39, 0.29) is 0 Å². The van der Waals surface area contributed by atoms with Crippen molar-refractivity contribution < 1.29 is 4.52 Å². The van der Waals surface area contributed by atoms with Crippen LogP contribution in [0.2, 0.25) is 0 Å². The average molecular weight is 320 g/mol. The first-order chi connectivity index (χ1) is 11.1. The Morgan fingerprint density at radius 3 is 2.74 bits per heavy atom. The first-order valence-electron chi connectivity index (χ1n) is 9.00. The predicted molar refractivity (Wildman–Crippen MR) is 94.5 cm³/mol. The molecule has 0 radical (unpaired) electrons. The van der Waals surface area contributed by atoms with Gasteiger partial charge in [-0.25, -0.2) is 0 Å². The number of hydrogen-bond acceptors (Lipinski definition) is 3. The lowest BCUT2D eigenvalue weighted by Gasteiger charge is -2.24. The zero-order chi connectivity index (χ0) is 16.8. The lowest BCUT2D eigenvalue weighted by atomic mass is 9.87. The Morgan fingerprint density at radius 2 is 2.17 bits per heavy atom. The van der Waals surface area contributed by atoms with Gasteiger partial charge in [-0.15, -0.1) is 0 Å². The van der Waals surface area contributed by atoms with Gasteiger partial charge in [-0.2, -0.15) is 0 Å². The van der Waals surface area contributed by atoms with Crippen LogP contribution >= 0.6 is 0 Å². The number of rotatable bonds is 6. The van der Waals surface area contributed by atoms with Crippen LogP contribution < -0.4 is 5.32 Å². The van der Waals surface area contributed by atoms with Gasteiger partial charge >= 0.3 is 0 Å². The molecule has 1 atom stereocenters. The monoisotopic (exact) mass is 320 g/mol. The molecule has 1 fully saturated rings. The number of aromatic nitrogens is 1. The molecule has 130 valence electrons. The highest BCUT2D eigenvalue weighted by Gasteiger charge is 2.29. The standard InChI is InChI=1S/C18H32N4O/c1-6-14(7-2)15-8-9-22(12-15)18(19-5)20-11-16-10-17(13(3)4)21-23-16/h10,13-15H,6-9,11-12H2,1-5H3,(H,19,20). The van der Waals surface area contributed by atoms with Gasteiger partial charge in [-0.1, -0.05) is 45.7 Å². The van der Waals surface area contributed by atoms with E-state index in [0.717, 1.165) is 42.3 Å². The van der Waals surface area contributed by atoms with E-state index < -0.39 is 0 Å². The van der Waals surface area contributed by atoms with Gasteiger partial charge in [0, 0.05) is 26.2 Å². The maximum absolute atomic E-state index is 5.39. The molecule has 1 unspecified atom stereocenters. The van der Waals surface area contributed by atoms with E-state index in [1.807, 2.05) is 13.1 Å². The smallest absolute Gasteiger partial charge is 0.194 e. The van der Waals surface area contributed by atoms with Crippen molar-refractivity contribution in [1.29, 1.82) is 0 Å². The summed E-state index contributed by atoms with van der Waals surface area (Å²) in [6.45, 7) is 11.7. The SMILES string of the molecule is CCC(CC)C1CCN(C(=NC)NCc2cc(C(C)C)no2)C1. The van der Waals surface area contributed by atoms with E-state index in [1.54, 1.807) is 0 Å². The van der Waals surface area contributed by atoms with Gasteiger partial charge in [0.05, 0.1) is 12.2 Å². The molecule has 2 heterocycles. The fourth-order valence-corrected chi connectivity index (χ4v) is 3.50. The molecule has 0 spiro atoms. The van der Waals surface area contributed by atoms with Gasteiger partial charge in [-0.05, 0) is 24.2 Å². The summed E-state index contributed by atoms with van der Waals surface area (Å²) < 4.78 is 5.39. The maximum Gasteiger partial charge on any atom is 0.194 e. The van der Waals surface area contributed by atoms with Crippen molar-refractivity contribution >= 4 is 5.96 Å². The number of aliphatic imine (C=N–C) groups is 1. The van der Waals surface area contributed by atoms with E-state index >= 15 is 0 Å². The molecule has 0 amide bonds. The minimum absolute atomic E-state index is 0.395. The molecule has 0 saturated carbocycles. The molecular formula is C18H32N4O. The maximum atomic E-state index is 5.39. The number of nitrogens with zero attached hydrogens (tertiary/aromatic N) is 3. The fourth-order valence-electron chi connectivity index (χ4n) is 3.50. The third-order valence-corrected chi connectivity index (χ3v) is 5.04. The highest BCUT2D eigenvalue weighted by atomic mass is 16.5. The van der Waals surface area contributed by atoms with Gasteiger partial charge in [0.15, 0.2) is 11.7 Å². The summed E-state index contributed by atoms with van der Waals surface area (Å²) in [6.07, 6.45) is 3.82. The molecule has 1 aromatic rings. The normalized spacial score (nSPS) is 19.2. The summed E-state index contributed by atoms with van der Waals surface area (Å²) in [6, 6.07) is 2.03. The second-order valence-electron chi connectivity index (χ2n) is 6.84. The number of likely N-dealkylation sites (tertiary alicyclic amines) is 1. The van der Waals surface area contributed by atoms with E-state index in [4.69, 9.17) is 4.52 Å². The molecule has 1 aliphatic rings. The Kier molecular flexibility index (Phi) is 6.48. The third kappa shape index (κ3) is 4.49. The van der Waals surface area contributed by atoms with Crippen LogP contribution in [0.4, 0.5) is 0 Å². The molecule has 1 aliphatic heterocycles. The van der Waals surface area contributed by atoms with Crippen molar-refractivity contribution in [2.45, 2.75) is 59.4 Å². The minimum atomic E-state index is 0.395. The van der Waals surface area contributed by atoms with Crippen LogP contribution in [0.5, 0.6) is 0 Å². The molecule has 5 nitrogen and oxygen atoms in total. The van der Waals surface area contributed by atoms with E-state index in [9.17, 15) is 0 Å². The Morgan fingerprint density at radius 1 is 1.43 bits per heavy atom. The first-order valence-corrected chi connectivity index (χ1v) is 9.00. The molecule has 0 bridgehead atoms. The first kappa shape index (κ1) is 17.8. The number of nitrogens with one attached hydrogen (secondary N) is 1. The number of guanidine groups is 1. The average Bonchev–Trinajstić information content (AvgIpc) is 3.19. The van der Waals surface area contributed by atoms with E-state index in [0.29, 0.717) is 12.5 Å². The highest BCUT2D eigenvalue weighted by Crippen LogP contribution is 2.28.